The molecule has 4 nitrogen and oxygen atoms in total. The summed E-state index contributed by atoms with van der Waals surface area (Å²) in [4.78, 5) is 0. The molecule has 1 saturated carbocycles. The van der Waals surface area contributed by atoms with E-state index >= 15 is 0 Å². The highest BCUT2D eigenvalue weighted by atomic mass is 79.9. The lowest BCUT2D eigenvalue weighted by atomic mass is 9.94. The quantitative estimate of drug-likeness (QED) is 0.681. The summed E-state index contributed by atoms with van der Waals surface area (Å²) in [6.45, 7) is 0. The van der Waals surface area contributed by atoms with Crippen LogP contribution in [0.5, 0.6) is 0 Å². The second kappa shape index (κ2) is 3.66. The number of rotatable bonds is 2. The van der Waals surface area contributed by atoms with Crippen molar-refractivity contribution >= 4 is 27.3 Å². The lowest BCUT2D eigenvalue weighted by Crippen LogP contribution is -2.38. The highest BCUT2D eigenvalue weighted by Crippen LogP contribution is 2.18. The zero-order chi connectivity index (χ0) is 6.91. The topological polar surface area (TPSA) is 66.4 Å². The molecule has 0 atom stereocenters. The van der Waals surface area contributed by atoms with Crippen LogP contribution in [0.15, 0.2) is 0 Å². The normalized spacial score (nSPS) is 19.3. The molecule has 1 aliphatic rings. The Bertz CT molecular complexity index is 187. The van der Waals surface area contributed by atoms with Gasteiger partial charge in [0, 0.05) is 6.04 Å². The first-order valence-electron chi connectivity index (χ1n) is 2.83. The Morgan fingerprint density at radius 1 is 1.40 bits per heavy atom. The average molecular weight is 232 g/mol. The third-order valence-corrected chi connectivity index (χ3v) is 2.05. The van der Waals surface area contributed by atoms with Crippen LogP contribution in [0.1, 0.15) is 19.3 Å². The van der Waals surface area contributed by atoms with Gasteiger partial charge in [0.1, 0.15) is 0 Å². The predicted molar refractivity (Wildman–Crippen MR) is 42.6 cm³/mol. The van der Waals surface area contributed by atoms with E-state index < -0.39 is 10.3 Å². The van der Waals surface area contributed by atoms with Crippen LogP contribution < -0.4 is 4.72 Å². The van der Waals surface area contributed by atoms with Crippen molar-refractivity contribution < 1.29 is 13.0 Å². The second-order valence-corrected chi connectivity index (χ2v) is 3.41. The van der Waals surface area contributed by atoms with E-state index in [0.29, 0.717) is 0 Å². The molecule has 0 heterocycles. The van der Waals surface area contributed by atoms with Crippen molar-refractivity contribution in [2.75, 3.05) is 0 Å². The van der Waals surface area contributed by atoms with Crippen molar-refractivity contribution in [1.82, 2.24) is 4.72 Å². The van der Waals surface area contributed by atoms with E-state index in [-0.39, 0.29) is 23.0 Å². The smallest absolute Gasteiger partial charge is 0.273 e. The van der Waals surface area contributed by atoms with Gasteiger partial charge in [-0.25, -0.2) is 0 Å². The minimum atomic E-state index is -3.93. The van der Waals surface area contributed by atoms with Crippen molar-refractivity contribution in [3.8, 4) is 0 Å². The Hall–Kier alpha value is 0.350. The van der Waals surface area contributed by atoms with Crippen LogP contribution in [0.3, 0.4) is 0 Å². The molecular weight excluding hydrogens is 222 g/mol. The van der Waals surface area contributed by atoms with E-state index in [1.54, 1.807) is 0 Å². The highest BCUT2D eigenvalue weighted by Gasteiger charge is 2.21. The number of halogens is 1. The van der Waals surface area contributed by atoms with Crippen molar-refractivity contribution in [3.05, 3.63) is 0 Å². The first kappa shape index (κ1) is 10.3. The van der Waals surface area contributed by atoms with Gasteiger partial charge in [-0.15, -0.1) is 17.0 Å². The molecule has 1 fully saturated rings. The Morgan fingerprint density at radius 2 is 1.90 bits per heavy atom. The van der Waals surface area contributed by atoms with Crippen LogP contribution in [0.25, 0.3) is 0 Å². The molecule has 0 saturated heterocycles. The average Bonchev–Trinajstić information content (AvgIpc) is 1.53. The van der Waals surface area contributed by atoms with E-state index in [2.05, 4.69) is 4.72 Å². The van der Waals surface area contributed by atoms with Crippen LogP contribution in [0.2, 0.25) is 0 Å². The van der Waals surface area contributed by atoms with Gasteiger partial charge < -0.3 is 0 Å². The van der Waals surface area contributed by atoms with Crippen LogP contribution in [0, 0.1) is 0 Å². The molecule has 0 amide bonds. The van der Waals surface area contributed by atoms with Crippen LogP contribution in [-0.2, 0) is 10.3 Å². The summed E-state index contributed by atoms with van der Waals surface area (Å²) in [5.41, 5.74) is 0. The van der Waals surface area contributed by atoms with Gasteiger partial charge in [-0.1, -0.05) is 6.42 Å². The van der Waals surface area contributed by atoms with Gasteiger partial charge in [-0.2, -0.15) is 13.1 Å². The predicted octanol–water partition coefficient (Wildman–Crippen LogP) is 0.509. The Balaban J connectivity index is 0.000000810. The molecule has 0 aromatic carbocycles. The van der Waals surface area contributed by atoms with E-state index in [1.807, 2.05) is 0 Å². The van der Waals surface area contributed by atoms with E-state index in [4.69, 9.17) is 4.55 Å². The van der Waals surface area contributed by atoms with E-state index in [1.165, 1.54) is 0 Å². The minimum Gasteiger partial charge on any atom is -0.273 e. The summed E-state index contributed by atoms with van der Waals surface area (Å²) in [5.74, 6) is 0. The molecule has 0 radical (unpaired) electrons. The molecule has 0 spiro atoms. The van der Waals surface area contributed by atoms with Crippen molar-refractivity contribution in [2.45, 2.75) is 25.3 Å². The molecule has 6 heteroatoms. The maximum Gasteiger partial charge on any atom is 0.333 e. The molecule has 0 aromatic rings. The fourth-order valence-electron chi connectivity index (χ4n) is 0.737. The number of hydrogen-bond acceptors (Lipinski definition) is 2. The summed E-state index contributed by atoms with van der Waals surface area (Å²) < 4.78 is 30.5. The molecule has 2 N–H and O–H groups in total. The van der Waals surface area contributed by atoms with Crippen molar-refractivity contribution in [3.63, 3.8) is 0 Å². The van der Waals surface area contributed by atoms with Gasteiger partial charge in [-0.3, -0.25) is 4.55 Å². The summed E-state index contributed by atoms with van der Waals surface area (Å²) >= 11 is 0. The highest BCUT2D eigenvalue weighted by molar-refractivity contribution is 8.93. The lowest BCUT2D eigenvalue weighted by molar-refractivity contribution is 0.363. The van der Waals surface area contributed by atoms with Gasteiger partial charge in [0.25, 0.3) is 0 Å². The minimum absolute atomic E-state index is 0. The van der Waals surface area contributed by atoms with Gasteiger partial charge >= 0.3 is 10.3 Å². The fourth-order valence-corrected chi connectivity index (χ4v) is 1.39. The van der Waals surface area contributed by atoms with Crippen molar-refractivity contribution in [2.24, 2.45) is 0 Å². The Labute approximate surface area is 70.7 Å². The molecule has 0 bridgehead atoms. The number of nitrogens with one attached hydrogen (secondary N) is 1. The zero-order valence-electron chi connectivity index (χ0n) is 5.28. The molecule has 62 valence electrons. The molecule has 10 heavy (non-hydrogen) atoms. The molecule has 0 aromatic heterocycles. The SMILES string of the molecule is Br.O=S(=O)(O)NC1CCC1. The summed E-state index contributed by atoms with van der Waals surface area (Å²) in [6.07, 6.45) is 2.74. The zero-order valence-corrected chi connectivity index (χ0v) is 7.81. The van der Waals surface area contributed by atoms with Crippen LogP contribution in [-0.4, -0.2) is 19.0 Å². The largest absolute Gasteiger partial charge is 0.333 e. The molecule has 0 aliphatic heterocycles. The lowest BCUT2D eigenvalue weighted by Gasteiger charge is -2.24. The molecular formula is C4H10BrNO3S. The standard InChI is InChI=1S/C4H9NO3S.BrH/c6-9(7,8)5-4-2-1-3-4;/h4-5H,1-3H2,(H,6,7,8);1H. The third-order valence-electron chi connectivity index (χ3n) is 1.42. The summed E-state index contributed by atoms with van der Waals surface area (Å²) in [7, 11) is -3.93. The molecule has 1 aliphatic carbocycles. The molecule has 1 rings (SSSR count). The first-order valence-corrected chi connectivity index (χ1v) is 4.27. The van der Waals surface area contributed by atoms with Gasteiger partial charge in [-0.05, 0) is 12.8 Å². The summed E-state index contributed by atoms with van der Waals surface area (Å²) in [6, 6.07) is -0.0139. The fraction of sp³-hybridized carbons (Fsp3) is 1.00. The maximum atomic E-state index is 10.1. The van der Waals surface area contributed by atoms with E-state index in [9.17, 15) is 8.42 Å². The summed E-state index contributed by atoms with van der Waals surface area (Å²) in [5, 5.41) is 0. The van der Waals surface area contributed by atoms with Gasteiger partial charge in [0.15, 0.2) is 0 Å². The Kier molecular flexibility index (Phi) is 3.79. The number of hydrogen-bond donors (Lipinski definition) is 2. The first-order chi connectivity index (χ1) is 4.08. The van der Waals surface area contributed by atoms with Crippen molar-refractivity contribution in [1.29, 1.82) is 0 Å². The van der Waals surface area contributed by atoms with Gasteiger partial charge in [0.05, 0.1) is 0 Å². The monoisotopic (exact) mass is 231 g/mol. The second-order valence-electron chi connectivity index (χ2n) is 2.22. The van der Waals surface area contributed by atoms with E-state index in [0.717, 1.165) is 19.3 Å². The van der Waals surface area contributed by atoms with Crippen LogP contribution in [0.4, 0.5) is 0 Å². The Morgan fingerprint density at radius 3 is 2.00 bits per heavy atom. The third kappa shape index (κ3) is 3.50. The molecule has 0 unspecified atom stereocenters. The van der Waals surface area contributed by atoms with Gasteiger partial charge in [0.2, 0.25) is 0 Å². The van der Waals surface area contributed by atoms with Crippen LogP contribution >= 0.6 is 17.0 Å². The maximum absolute atomic E-state index is 10.1.